The number of carboxylic acids is 1. The van der Waals surface area contributed by atoms with Gasteiger partial charge in [0.25, 0.3) is 0 Å². The van der Waals surface area contributed by atoms with Gasteiger partial charge in [-0.1, -0.05) is 0 Å². The molecule has 0 aromatic rings. The van der Waals surface area contributed by atoms with E-state index in [1.54, 1.807) is 7.11 Å². The zero-order valence-corrected chi connectivity index (χ0v) is 7.58. The molecule has 0 unspecified atom stereocenters. The molecule has 0 amide bonds. The fourth-order valence-electron chi connectivity index (χ4n) is 0.680. The van der Waals surface area contributed by atoms with Gasteiger partial charge in [0.2, 0.25) is 0 Å². The van der Waals surface area contributed by atoms with Gasteiger partial charge in [-0.2, -0.15) is 0 Å². The molecule has 1 atom stereocenters. The molecule has 0 aliphatic heterocycles. The van der Waals surface area contributed by atoms with Crippen LogP contribution in [0.2, 0.25) is 0 Å². The van der Waals surface area contributed by atoms with Gasteiger partial charge in [-0.15, -0.1) is 0 Å². The Bertz CT molecular complexity index is 124. The zero-order valence-electron chi connectivity index (χ0n) is 7.58. The topological polar surface area (TPSA) is 55.8 Å². The first-order valence-electron chi connectivity index (χ1n) is 4.02. The average molecular weight is 176 g/mol. The second-order valence-corrected chi connectivity index (χ2v) is 2.55. The molecule has 72 valence electrons. The minimum absolute atomic E-state index is 0.483. The number of ether oxygens (including phenoxy) is 2. The van der Waals surface area contributed by atoms with Gasteiger partial charge in [0.05, 0.1) is 0 Å². The summed E-state index contributed by atoms with van der Waals surface area (Å²) in [5, 5.41) is 8.44. The minimum Gasteiger partial charge on any atom is -0.479 e. The summed E-state index contributed by atoms with van der Waals surface area (Å²) in [5.74, 6) is -0.915. The molecule has 0 saturated carbocycles. The van der Waals surface area contributed by atoms with Crippen molar-refractivity contribution in [3.8, 4) is 0 Å². The number of unbranched alkanes of at least 4 members (excludes halogenated alkanes) is 1. The number of aliphatic carboxylic acids is 1. The van der Waals surface area contributed by atoms with Gasteiger partial charge in [-0.3, -0.25) is 0 Å². The molecule has 0 fully saturated rings. The van der Waals surface area contributed by atoms with Gasteiger partial charge < -0.3 is 14.6 Å². The minimum atomic E-state index is -0.915. The summed E-state index contributed by atoms with van der Waals surface area (Å²) >= 11 is 0. The molecule has 0 radical (unpaired) electrons. The number of hydrogen-bond acceptors (Lipinski definition) is 3. The lowest BCUT2D eigenvalue weighted by Crippen LogP contribution is -2.20. The molecule has 0 aliphatic carbocycles. The van der Waals surface area contributed by atoms with Crippen molar-refractivity contribution >= 4 is 5.97 Å². The van der Waals surface area contributed by atoms with Crippen molar-refractivity contribution in [3.05, 3.63) is 0 Å². The predicted molar refractivity (Wildman–Crippen MR) is 44.2 cm³/mol. The van der Waals surface area contributed by atoms with Gasteiger partial charge in [-0.05, 0) is 19.8 Å². The predicted octanol–water partition coefficient (Wildman–Crippen LogP) is 0.903. The van der Waals surface area contributed by atoms with Crippen LogP contribution < -0.4 is 0 Å². The van der Waals surface area contributed by atoms with Gasteiger partial charge in [0, 0.05) is 20.3 Å². The third-order valence-electron chi connectivity index (χ3n) is 1.46. The van der Waals surface area contributed by atoms with Crippen LogP contribution in [0.3, 0.4) is 0 Å². The maximum absolute atomic E-state index is 10.3. The van der Waals surface area contributed by atoms with Crippen molar-refractivity contribution in [2.75, 3.05) is 20.3 Å². The molecule has 12 heavy (non-hydrogen) atoms. The fraction of sp³-hybridized carbons (Fsp3) is 0.875. The highest BCUT2D eigenvalue weighted by atomic mass is 16.5. The van der Waals surface area contributed by atoms with Crippen molar-refractivity contribution in [1.82, 2.24) is 0 Å². The number of rotatable bonds is 7. The van der Waals surface area contributed by atoms with E-state index >= 15 is 0 Å². The third-order valence-corrected chi connectivity index (χ3v) is 1.46. The standard InChI is InChI=1S/C8H16O4/c1-7(8(9)10)12-6-4-3-5-11-2/h7H,3-6H2,1-2H3,(H,9,10)/t7-/m1/s1. The third kappa shape index (κ3) is 6.12. The van der Waals surface area contributed by atoms with Crippen LogP contribution in [-0.4, -0.2) is 37.5 Å². The molecular formula is C8H16O4. The molecule has 0 saturated heterocycles. The molecule has 4 heteroatoms. The molecule has 0 spiro atoms. The zero-order chi connectivity index (χ0) is 9.40. The Kier molecular flexibility index (Phi) is 6.70. The van der Waals surface area contributed by atoms with Crippen LogP contribution in [0, 0.1) is 0 Å². The molecule has 0 rings (SSSR count). The molecule has 0 aromatic carbocycles. The maximum Gasteiger partial charge on any atom is 0.332 e. The van der Waals surface area contributed by atoms with E-state index in [1.807, 2.05) is 0 Å². The van der Waals surface area contributed by atoms with E-state index < -0.39 is 12.1 Å². The van der Waals surface area contributed by atoms with Crippen LogP contribution in [0.15, 0.2) is 0 Å². The van der Waals surface area contributed by atoms with E-state index in [4.69, 9.17) is 14.6 Å². The molecule has 0 aliphatic rings. The van der Waals surface area contributed by atoms with Crippen LogP contribution in [-0.2, 0) is 14.3 Å². The molecule has 0 aromatic heterocycles. The van der Waals surface area contributed by atoms with Gasteiger partial charge in [0.15, 0.2) is 6.10 Å². The highest BCUT2D eigenvalue weighted by molar-refractivity contribution is 5.71. The Morgan fingerprint density at radius 2 is 2.00 bits per heavy atom. The van der Waals surface area contributed by atoms with Gasteiger partial charge >= 0.3 is 5.97 Å². The first-order chi connectivity index (χ1) is 5.68. The van der Waals surface area contributed by atoms with Crippen LogP contribution in [0.5, 0.6) is 0 Å². The van der Waals surface area contributed by atoms with E-state index in [2.05, 4.69) is 0 Å². The largest absolute Gasteiger partial charge is 0.479 e. The van der Waals surface area contributed by atoms with E-state index in [1.165, 1.54) is 6.92 Å². The van der Waals surface area contributed by atoms with Crippen LogP contribution in [0.1, 0.15) is 19.8 Å². The number of carbonyl (C=O) groups is 1. The van der Waals surface area contributed by atoms with Crippen LogP contribution in [0.25, 0.3) is 0 Å². The lowest BCUT2D eigenvalue weighted by molar-refractivity contribution is -0.149. The Labute approximate surface area is 72.5 Å². The van der Waals surface area contributed by atoms with Crippen molar-refractivity contribution in [1.29, 1.82) is 0 Å². The van der Waals surface area contributed by atoms with E-state index in [9.17, 15) is 4.79 Å². The van der Waals surface area contributed by atoms with E-state index in [-0.39, 0.29) is 0 Å². The number of carboxylic acid groups (broad SMARTS) is 1. The first-order valence-corrected chi connectivity index (χ1v) is 4.02. The second-order valence-electron chi connectivity index (χ2n) is 2.55. The Balaban J connectivity index is 3.14. The summed E-state index contributed by atoms with van der Waals surface area (Å²) in [7, 11) is 1.64. The lowest BCUT2D eigenvalue weighted by atomic mass is 10.3. The lowest BCUT2D eigenvalue weighted by Gasteiger charge is -2.07. The van der Waals surface area contributed by atoms with E-state index in [0.717, 1.165) is 12.8 Å². The fourth-order valence-corrected chi connectivity index (χ4v) is 0.680. The van der Waals surface area contributed by atoms with E-state index in [0.29, 0.717) is 13.2 Å². The second kappa shape index (κ2) is 7.06. The molecule has 1 N–H and O–H groups in total. The SMILES string of the molecule is COCCCCO[C@H](C)C(=O)O. The Morgan fingerprint density at radius 3 is 2.50 bits per heavy atom. The van der Waals surface area contributed by atoms with Crippen molar-refractivity contribution < 1.29 is 19.4 Å². The average Bonchev–Trinajstić information content (AvgIpc) is 2.03. The normalized spacial score (nSPS) is 12.8. The Hall–Kier alpha value is -0.610. The van der Waals surface area contributed by atoms with Crippen molar-refractivity contribution in [3.63, 3.8) is 0 Å². The summed E-state index contributed by atoms with van der Waals surface area (Å²) in [6, 6.07) is 0. The summed E-state index contributed by atoms with van der Waals surface area (Å²) in [4.78, 5) is 10.3. The van der Waals surface area contributed by atoms with Crippen LogP contribution >= 0.6 is 0 Å². The quantitative estimate of drug-likeness (QED) is 0.585. The summed E-state index contributed by atoms with van der Waals surface area (Å²) < 4.78 is 9.82. The molecule has 0 bridgehead atoms. The Morgan fingerprint density at radius 1 is 1.42 bits per heavy atom. The first kappa shape index (κ1) is 11.4. The molecule has 4 nitrogen and oxygen atoms in total. The monoisotopic (exact) mass is 176 g/mol. The van der Waals surface area contributed by atoms with Crippen LogP contribution in [0.4, 0.5) is 0 Å². The smallest absolute Gasteiger partial charge is 0.332 e. The summed E-state index contributed by atoms with van der Waals surface area (Å²) in [6.45, 7) is 2.71. The maximum atomic E-state index is 10.3. The number of hydrogen-bond donors (Lipinski definition) is 1. The highest BCUT2D eigenvalue weighted by Gasteiger charge is 2.09. The summed E-state index contributed by atoms with van der Waals surface area (Å²) in [5.41, 5.74) is 0. The van der Waals surface area contributed by atoms with Gasteiger partial charge in [0.1, 0.15) is 0 Å². The molecular weight excluding hydrogens is 160 g/mol. The van der Waals surface area contributed by atoms with Crippen molar-refractivity contribution in [2.24, 2.45) is 0 Å². The summed E-state index contributed by atoms with van der Waals surface area (Å²) in [6.07, 6.45) is 1.04. The number of methoxy groups -OCH3 is 1. The van der Waals surface area contributed by atoms with Crippen molar-refractivity contribution in [2.45, 2.75) is 25.9 Å². The van der Waals surface area contributed by atoms with Gasteiger partial charge in [-0.25, -0.2) is 4.79 Å². The highest BCUT2D eigenvalue weighted by Crippen LogP contribution is 1.95. The molecule has 0 heterocycles.